The van der Waals surface area contributed by atoms with Gasteiger partial charge in [0.05, 0.1) is 12.8 Å². The van der Waals surface area contributed by atoms with Gasteiger partial charge in [-0.25, -0.2) is 0 Å². The third kappa shape index (κ3) is 18.9. The second-order valence-electron chi connectivity index (χ2n) is 12.8. The summed E-state index contributed by atoms with van der Waals surface area (Å²) in [5, 5.41) is 0. The van der Waals surface area contributed by atoms with Crippen molar-refractivity contribution in [3.63, 3.8) is 0 Å². The normalized spacial score (nSPS) is 14.3. The van der Waals surface area contributed by atoms with Gasteiger partial charge < -0.3 is 9.64 Å². The van der Waals surface area contributed by atoms with Crippen molar-refractivity contribution >= 4 is 17.2 Å². The van der Waals surface area contributed by atoms with E-state index < -0.39 is 0 Å². The van der Waals surface area contributed by atoms with Gasteiger partial charge in [-0.1, -0.05) is 127 Å². The Labute approximate surface area is 299 Å². The van der Waals surface area contributed by atoms with Gasteiger partial charge in [0, 0.05) is 35.8 Å². The Balaban J connectivity index is 0. The molecule has 0 bridgehead atoms. The predicted octanol–water partition coefficient (Wildman–Crippen LogP) is 13.6. The number of benzene rings is 2. The Hall–Kier alpha value is -2.46. The zero-order valence-electron chi connectivity index (χ0n) is 34.2. The monoisotopic (exact) mass is 667 g/mol. The molecule has 276 valence electrons. The molecule has 0 saturated carbocycles. The van der Waals surface area contributed by atoms with E-state index in [0.29, 0.717) is 12.3 Å². The van der Waals surface area contributed by atoms with Gasteiger partial charge in [-0.3, -0.25) is 9.79 Å². The van der Waals surface area contributed by atoms with Gasteiger partial charge in [0.25, 0.3) is 0 Å². The van der Waals surface area contributed by atoms with Crippen LogP contribution in [0.2, 0.25) is 0 Å². The van der Waals surface area contributed by atoms with Crippen LogP contribution in [-0.4, -0.2) is 42.6 Å². The highest BCUT2D eigenvalue weighted by Gasteiger charge is 2.22. The molecule has 1 aliphatic rings. The molecule has 1 fully saturated rings. The molecule has 3 rings (SSSR count). The number of aliphatic imine (C=N–C) groups is 1. The predicted molar refractivity (Wildman–Crippen MR) is 216 cm³/mol. The summed E-state index contributed by atoms with van der Waals surface area (Å²) < 4.78 is 5.45. The first kappa shape index (κ1) is 47.7. The van der Waals surface area contributed by atoms with E-state index in [-0.39, 0.29) is 5.78 Å². The van der Waals surface area contributed by atoms with Crippen molar-refractivity contribution in [1.82, 2.24) is 4.90 Å². The maximum atomic E-state index is 12.8. The van der Waals surface area contributed by atoms with Crippen LogP contribution in [0.3, 0.4) is 0 Å². The molecule has 1 atom stereocenters. The fraction of sp³-hybridized carbons (Fsp3) is 0.682. The Morgan fingerprint density at radius 3 is 2.04 bits per heavy atom. The van der Waals surface area contributed by atoms with E-state index >= 15 is 0 Å². The minimum Gasteiger partial charge on any atom is -0.496 e. The van der Waals surface area contributed by atoms with Crippen LogP contribution in [0.4, 0.5) is 5.69 Å². The van der Waals surface area contributed by atoms with Crippen molar-refractivity contribution in [2.75, 3.05) is 20.2 Å². The summed E-state index contributed by atoms with van der Waals surface area (Å²) in [4.78, 5) is 20.3. The van der Waals surface area contributed by atoms with Gasteiger partial charge in [-0.2, -0.15) is 0 Å². The topological polar surface area (TPSA) is 41.9 Å². The van der Waals surface area contributed by atoms with E-state index in [9.17, 15) is 4.79 Å². The van der Waals surface area contributed by atoms with Crippen LogP contribution in [0, 0.1) is 11.8 Å². The smallest absolute Gasteiger partial charge is 0.165 e. The Morgan fingerprint density at radius 1 is 0.896 bits per heavy atom. The lowest BCUT2D eigenvalue weighted by atomic mass is 9.93. The van der Waals surface area contributed by atoms with Crippen molar-refractivity contribution in [2.45, 2.75) is 167 Å². The van der Waals surface area contributed by atoms with Crippen molar-refractivity contribution in [2.24, 2.45) is 16.8 Å². The van der Waals surface area contributed by atoms with Gasteiger partial charge in [-0.05, 0) is 93.7 Å². The van der Waals surface area contributed by atoms with E-state index in [4.69, 9.17) is 9.73 Å². The van der Waals surface area contributed by atoms with Gasteiger partial charge in [0.1, 0.15) is 5.75 Å². The Bertz CT molecular complexity index is 1090. The van der Waals surface area contributed by atoms with Gasteiger partial charge >= 0.3 is 0 Å². The lowest BCUT2D eigenvalue weighted by Gasteiger charge is -2.37. The average Bonchev–Trinajstić information content (AvgIpc) is 3.13. The van der Waals surface area contributed by atoms with Gasteiger partial charge in [-0.15, -0.1) is 0 Å². The fourth-order valence-electron chi connectivity index (χ4n) is 5.73. The molecule has 4 nitrogen and oxygen atoms in total. The first-order chi connectivity index (χ1) is 23.2. The number of Topliss-reactive ketones (excluding diaryl/α,β-unsaturated/α-hetero) is 1. The largest absolute Gasteiger partial charge is 0.496 e. The molecule has 2 aromatic carbocycles. The number of unbranched alkanes of at least 4 members (excludes halogenated alkanes) is 2. The number of likely N-dealkylation sites (tertiary alicyclic amines) is 1. The molecule has 0 N–H and O–H groups in total. The lowest BCUT2D eigenvalue weighted by Crippen LogP contribution is -2.42. The van der Waals surface area contributed by atoms with Gasteiger partial charge in [0.2, 0.25) is 0 Å². The third-order valence-corrected chi connectivity index (χ3v) is 8.63. The SMILES string of the molecule is CC.CC.CCC1CCCN(C(CC)CC)C1.CCCC.CCCCC(=O)c1cc(CC(C)C)ccc1N=C(C)c1ccccc1OC. The Kier molecular flexibility index (Phi) is 30.4. The van der Waals surface area contributed by atoms with Crippen LogP contribution in [0.25, 0.3) is 0 Å². The molecule has 4 heteroatoms. The van der Waals surface area contributed by atoms with Crippen LogP contribution < -0.4 is 4.74 Å². The number of piperidine rings is 1. The highest BCUT2D eigenvalue weighted by molar-refractivity contribution is 6.06. The van der Waals surface area contributed by atoms with Crippen LogP contribution in [-0.2, 0) is 6.42 Å². The van der Waals surface area contributed by atoms with E-state index in [1.807, 2.05) is 71.0 Å². The van der Waals surface area contributed by atoms with Gasteiger partial charge in [0.15, 0.2) is 5.78 Å². The highest BCUT2D eigenvalue weighted by Crippen LogP contribution is 2.27. The molecule has 0 aliphatic carbocycles. The van der Waals surface area contributed by atoms with E-state index in [1.54, 1.807) is 7.11 Å². The third-order valence-electron chi connectivity index (χ3n) is 8.63. The number of hydrogen-bond acceptors (Lipinski definition) is 4. The second kappa shape index (κ2) is 30.6. The quantitative estimate of drug-likeness (QED) is 0.149. The number of carbonyl (C=O) groups excluding carboxylic acids is 1. The first-order valence-electron chi connectivity index (χ1n) is 19.8. The molecule has 0 aromatic heterocycles. The summed E-state index contributed by atoms with van der Waals surface area (Å²) in [6.07, 6.45) is 13.0. The van der Waals surface area contributed by atoms with Crippen molar-refractivity contribution in [3.8, 4) is 5.75 Å². The average molecular weight is 667 g/mol. The number of ether oxygens (including phenoxy) is 1. The molecule has 0 spiro atoms. The number of methoxy groups -OCH3 is 1. The molecule has 48 heavy (non-hydrogen) atoms. The van der Waals surface area contributed by atoms with Crippen LogP contribution in [0.15, 0.2) is 47.5 Å². The molecule has 0 amide bonds. The van der Waals surface area contributed by atoms with E-state index in [2.05, 4.69) is 66.4 Å². The lowest BCUT2D eigenvalue weighted by molar-refractivity contribution is 0.0980. The summed E-state index contributed by atoms with van der Waals surface area (Å²) >= 11 is 0. The maximum Gasteiger partial charge on any atom is 0.165 e. The zero-order valence-corrected chi connectivity index (χ0v) is 34.2. The summed E-state index contributed by atoms with van der Waals surface area (Å²) in [7, 11) is 1.66. The minimum absolute atomic E-state index is 0.175. The summed E-state index contributed by atoms with van der Waals surface area (Å²) in [6, 6.07) is 14.8. The van der Waals surface area contributed by atoms with E-state index in [0.717, 1.165) is 59.5 Å². The standard InChI is InChI=1S/C24H31NO2.C12H25N.C4H10.2C2H6/c1-6-7-11-23(26)21-16-19(15-17(2)3)13-14-22(21)25-18(4)20-10-8-9-12-24(20)27-5;1-4-11-8-7-9-13(10-11)12(5-2)6-3;1-3-4-2;2*1-2/h8-10,12-14,16-17H,6-7,11,15H2,1-5H3;11-12H,4-10H2,1-3H3;3-4H2,1-2H3;2*1-2H3. The highest BCUT2D eigenvalue weighted by atomic mass is 16.5. The summed E-state index contributed by atoms with van der Waals surface area (Å²) in [5.41, 5.74) is 4.45. The molecule has 1 aliphatic heterocycles. The van der Waals surface area contributed by atoms with Crippen molar-refractivity contribution in [1.29, 1.82) is 0 Å². The first-order valence-corrected chi connectivity index (χ1v) is 19.8. The number of para-hydroxylation sites is 1. The summed E-state index contributed by atoms with van der Waals surface area (Å²) in [5.74, 6) is 2.49. The van der Waals surface area contributed by atoms with Crippen molar-refractivity contribution in [3.05, 3.63) is 59.2 Å². The summed E-state index contributed by atoms with van der Waals surface area (Å²) in [6.45, 7) is 30.5. The number of carbonyl (C=O) groups is 1. The maximum absolute atomic E-state index is 12.8. The molecule has 2 aromatic rings. The number of nitrogens with zero attached hydrogens (tertiary/aromatic N) is 2. The molecule has 1 saturated heterocycles. The molecular weight excluding hydrogens is 588 g/mol. The van der Waals surface area contributed by atoms with Crippen LogP contribution in [0.1, 0.15) is 176 Å². The van der Waals surface area contributed by atoms with Crippen molar-refractivity contribution < 1.29 is 9.53 Å². The van der Waals surface area contributed by atoms with Crippen LogP contribution in [0.5, 0.6) is 5.75 Å². The zero-order chi connectivity index (χ0) is 36.9. The molecule has 0 radical (unpaired) electrons. The second-order valence-corrected chi connectivity index (χ2v) is 12.8. The molecule has 1 unspecified atom stereocenters. The van der Waals surface area contributed by atoms with Crippen LogP contribution >= 0.6 is 0 Å². The fourth-order valence-corrected chi connectivity index (χ4v) is 5.73. The number of rotatable bonds is 14. The Morgan fingerprint density at radius 2 is 1.52 bits per heavy atom. The van der Waals surface area contributed by atoms with E-state index in [1.165, 1.54) is 63.6 Å². The molecular formula is C44H78N2O2. The minimum atomic E-state index is 0.175. The number of ketones is 1. The molecule has 1 heterocycles. The number of hydrogen-bond donors (Lipinski definition) is 0.